The number of carbonyl (C=O) groups excluding carboxylic acids is 6. The maximum Gasteiger partial charge on any atom is 0.469 e. The number of methoxy groups -OCH3 is 6. The van der Waals surface area contributed by atoms with E-state index in [1.807, 2.05) is 33.8 Å². The predicted molar refractivity (Wildman–Crippen MR) is 421 cm³/mol. The molecule has 4 aromatic carbocycles. The molecule has 0 aliphatic carbocycles. The number of aliphatic hydroxyl groups excluding tert-OH is 1. The smallest absolute Gasteiger partial charge is 0.469 e. The van der Waals surface area contributed by atoms with Gasteiger partial charge in [-0.3, -0.25) is 18.7 Å². The molecule has 0 amide bonds. The Kier molecular flexibility index (Phi) is 38.3. The third-order valence-electron chi connectivity index (χ3n) is 18.4. The summed E-state index contributed by atoms with van der Waals surface area (Å²) in [5, 5.41) is 39.6. The molecule has 0 saturated carbocycles. The number of phosphoric acid groups is 1. The number of cyclic esters (lactones) is 4. The van der Waals surface area contributed by atoms with Crippen LogP contribution in [0.3, 0.4) is 0 Å². The normalized spacial score (nSPS) is 14.2. The molecule has 4 aromatic rings. The number of rotatable bonds is 30. The van der Waals surface area contributed by atoms with Gasteiger partial charge in [-0.2, -0.15) is 0 Å². The van der Waals surface area contributed by atoms with E-state index in [0.717, 1.165) is 64.5 Å². The largest absolute Gasteiger partial charge is 0.507 e. The molecule has 30 nitrogen and oxygen atoms in total. The summed E-state index contributed by atoms with van der Waals surface area (Å²) in [6.07, 6.45) is 10.6. The molecule has 9 rings (SSSR count). The quantitative estimate of drug-likeness (QED) is 0.00600. The zero-order valence-corrected chi connectivity index (χ0v) is 71.7. The van der Waals surface area contributed by atoms with Crippen molar-refractivity contribution >= 4 is 67.4 Å². The van der Waals surface area contributed by atoms with Gasteiger partial charge in [-0.05, 0) is 128 Å². The number of hydrogen-bond acceptors (Lipinski definition) is 26. The lowest BCUT2D eigenvalue weighted by Gasteiger charge is -2.21. The Morgan fingerprint density at radius 3 is 1.15 bits per heavy atom. The van der Waals surface area contributed by atoms with Crippen LogP contribution >= 0.6 is 15.4 Å². The van der Waals surface area contributed by atoms with Gasteiger partial charge in [0, 0.05) is 99.7 Å². The molecule has 0 bridgehead atoms. The van der Waals surface area contributed by atoms with Crippen LogP contribution in [0.2, 0.25) is 51.4 Å². The SMILES string of the molecule is C1CCOC1.COC(=O)CC/C(C)=C/Cc1c(O)c2c(c(C)c1OC)COC2=O.COC(=O)CC/C(C)=C/Cc1c(OC)c(C)c2c(c1OCC[Si](C)(C)C)C(=O)OC2.COc1c(C)c2c(c(O)c1C/C=C(\C)COP(=O)(O)O)C(=O)OC2.COc1c(C)c2c(c(O)c1CCOCP(=O)(O)O)C(=O)OC2.C[Si](C)(C)CCO. The van der Waals surface area contributed by atoms with Crippen LogP contribution in [0.1, 0.15) is 167 Å². The van der Waals surface area contributed by atoms with E-state index in [9.17, 15) is 53.2 Å². The zero-order chi connectivity index (χ0) is 84.3. The first kappa shape index (κ1) is 96.3. The van der Waals surface area contributed by atoms with Crippen molar-refractivity contribution in [3.05, 3.63) is 124 Å². The minimum Gasteiger partial charge on any atom is -0.507 e. The van der Waals surface area contributed by atoms with Gasteiger partial charge in [-0.25, -0.2) is 23.7 Å². The highest BCUT2D eigenvalue weighted by Gasteiger charge is 2.37. The van der Waals surface area contributed by atoms with Crippen molar-refractivity contribution in [1.82, 2.24) is 0 Å². The van der Waals surface area contributed by atoms with Crippen LogP contribution < -0.4 is 23.7 Å². The van der Waals surface area contributed by atoms with Gasteiger partial charge < -0.3 is 102 Å². The zero-order valence-electron chi connectivity index (χ0n) is 67.9. The van der Waals surface area contributed by atoms with E-state index in [1.54, 1.807) is 34.0 Å². The summed E-state index contributed by atoms with van der Waals surface area (Å²) < 4.78 is 93.3. The Labute approximate surface area is 657 Å². The van der Waals surface area contributed by atoms with Crippen LogP contribution in [0.4, 0.5) is 0 Å². The van der Waals surface area contributed by atoms with Crippen molar-refractivity contribution in [2.24, 2.45) is 0 Å². The van der Waals surface area contributed by atoms with Crippen molar-refractivity contribution in [1.29, 1.82) is 0 Å². The molecule has 0 unspecified atom stereocenters. The fourth-order valence-corrected chi connectivity index (χ4v) is 14.2. The van der Waals surface area contributed by atoms with Crippen LogP contribution in [-0.2, 0) is 113 Å². The van der Waals surface area contributed by atoms with Crippen LogP contribution in [-0.4, -0.2) is 181 Å². The third kappa shape index (κ3) is 28.5. The highest BCUT2D eigenvalue weighted by molar-refractivity contribution is 7.51. The first-order valence-corrected chi connectivity index (χ1v) is 47.1. The molecule has 5 heterocycles. The van der Waals surface area contributed by atoms with Gasteiger partial charge in [-0.15, -0.1) is 0 Å². The lowest BCUT2D eigenvalue weighted by Crippen LogP contribution is -2.23. The van der Waals surface area contributed by atoms with E-state index in [4.69, 9.17) is 81.5 Å². The predicted octanol–water partition coefficient (Wildman–Crippen LogP) is 12.8. The molecule has 112 heavy (non-hydrogen) atoms. The van der Waals surface area contributed by atoms with Crippen molar-refractivity contribution in [2.75, 3.05) is 88.6 Å². The van der Waals surface area contributed by atoms with Gasteiger partial charge in [0.15, 0.2) is 0 Å². The Morgan fingerprint density at radius 1 is 0.473 bits per heavy atom. The highest BCUT2D eigenvalue weighted by atomic mass is 31.2. The van der Waals surface area contributed by atoms with Crippen LogP contribution in [0.15, 0.2) is 34.9 Å². The summed E-state index contributed by atoms with van der Waals surface area (Å²) in [4.78, 5) is 105. The Hall–Kier alpha value is -8.11. The molecule has 5 aliphatic rings. The number of aliphatic hydroxyl groups is 1. The summed E-state index contributed by atoms with van der Waals surface area (Å²) >= 11 is 0. The van der Waals surface area contributed by atoms with E-state index in [1.165, 1.54) is 48.4 Å². The number of ether oxygens (including phenoxy) is 13. The average Bonchev–Trinajstić information content (AvgIpc) is 1.48. The van der Waals surface area contributed by atoms with E-state index in [-0.39, 0.29) is 104 Å². The number of hydrogen-bond donors (Lipinski definition) is 8. The molecule has 1 fully saturated rings. The monoisotopic (exact) mass is 1650 g/mol. The van der Waals surface area contributed by atoms with Gasteiger partial charge >= 0.3 is 51.2 Å². The number of phenolic OH excluding ortho intramolecular Hbond substituents is 3. The summed E-state index contributed by atoms with van der Waals surface area (Å²) in [5.74, 6) is -0.339. The lowest BCUT2D eigenvalue weighted by molar-refractivity contribution is -0.141. The van der Waals surface area contributed by atoms with Crippen LogP contribution in [0.25, 0.3) is 0 Å². The topological polar surface area (TPSA) is 428 Å². The maximum absolute atomic E-state index is 12.5. The number of phenols is 3. The van der Waals surface area contributed by atoms with E-state index < -0.39 is 55.8 Å². The molecular formula is C78H114O30P2Si2. The third-order valence-corrected chi connectivity index (χ3v) is 22.9. The molecular weight excluding hydrogens is 1530 g/mol. The lowest BCUT2D eigenvalue weighted by atomic mass is 9.94. The van der Waals surface area contributed by atoms with Gasteiger partial charge in [0.1, 0.15) is 101 Å². The number of benzene rings is 4. The Balaban J connectivity index is 0.000000300. The minimum absolute atomic E-state index is 0.0394. The molecule has 624 valence electrons. The second-order valence-corrected chi connectivity index (χ2v) is 43.4. The molecule has 8 N–H and O–H groups in total. The summed E-state index contributed by atoms with van der Waals surface area (Å²) in [7, 11) is -2.17. The summed E-state index contributed by atoms with van der Waals surface area (Å²) in [6, 6.07) is 2.02. The van der Waals surface area contributed by atoms with Crippen LogP contribution in [0, 0.1) is 27.7 Å². The first-order valence-electron chi connectivity index (χ1n) is 36.4. The number of aromatic hydroxyl groups is 3. The number of esters is 6. The maximum atomic E-state index is 12.5. The molecule has 5 aliphatic heterocycles. The van der Waals surface area contributed by atoms with Crippen molar-refractivity contribution in [2.45, 2.75) is 190 Å². The second kappa shape index (κ2) is 44.5. The van der Waals surface area contributed by atoms with Gasteiger partial charge in [0.2, 0.25) is 0 Å². The summed E-state index contributed by atoms with van der Waals surface area (Å²) in [5.41, 5.74) is 11.6. The summed E-state index contributed by atoms with van der Waals surface area (Å²) in [6.45, 7) is 29.7. The van der Waals surface area contributed by atoms with E-state index in [2.05, 4.69) is 54.6 Å². The Morgan fingerprint density at radius 2 is 0.821 bits per heavy atom. The minimum atomic E-state index is -4.54. The van der Waals surface area contributed by atoms with Crippen molar-refractivity contribution in [3.63, 3.8) is 0 Å². The molecule has 1 saturated heterocycles. The van der Waals surface area contributed by atoms with Gasteiger partial charge in [0.05, 0.1) is 62.5 Å². The molecule has 0 atom stereocenters. The standard InChI is InChI=1S/C23H34O6Si.C18H22O6.C15H19O8P.C13H17O8P.C5H14OSi.C4H8O/c1-15(9-11-19(24)26-3)8-10-17-21(27-4)16(2)18-14-29-23(25)20(18)22(17)28-12-13-30(5,6)7;1-10(6-8-14(19)22-3)5-7-12-16(20)15-13(9-24-18(15)21)11(2)17(12)23-4;1-8(6-23-24(18,19)20)4-5-10-13(16)12-11(7-22-15(12)17)9(2)14(10)21-3;1-7-9-5-21-13(15)10(9)11(14)8(12(7)19-2)3-4-20-6-22(16,17)18;1-7(2,3)5-4-6;1-2-4-5-3-1/h8H,9-14H2,1-7H3;5,20H,6-9H2,1-4H3;4,16H,5-7H2,1-3H3,(H2,18,19,20);14H,3-6H2,1-2H3,(H2,16,17,18);6H,4-5H2,1-3H3;1-4H2/b15-8+;10-5+;8-4+;;;. The fraction of sp³-hybridized carbons (Fsp3) is 0.538. The van der Waals surface area contributed by atoms with Gasteiger partial charge in [0.25, 0.3) is 0 Å². The van der Waals surface area contributed by atoms with E-state index >= 15 is 0 Å². The highest BCUT2D eigenvalue weighted by Crippen LogP contribution is 2.47. The molecule has 0 spiro atoms. The van der Waals surface area contributed by atoms with Gasteiger partial charge in [-0.1, -0.05) is 74.2 Å². The fourth-order valence-electron chi connectivity index (χ4n) is 12.0. The van der Waals surface area contributed by atoms with Crippen LogP contribution in [0.5, 0.6) is 46.0 Å². The van der Waals surface area contributed by atoms with E-state index in [0.29, 0.717) is 130 Å². The number of fused-ring (bicyclic) bond motifs is 4. The molecule has 34 heteroatoms. The average molecular weight is 1650 g/mol. The number of carbonyl (C=O) groups is 6. The van der Waals surface area contributed by atoms with Crippen molar-refractivity contribution in [3.8, 4) is 46.0 Å². The van der Waals surface area contributed by atoms with Crippen molar-refractivity contribution < 1.29 is 144 Å². The Bertz CT molecular complexity index is 4180. The molecule has 0 aromatic heterocycles. The first-order chi connectivity index (χ1) is 52.5. The molecule has 0 radical (unpaired) electrons. The number of phosphoric ester groups is 1. The second-order valence-electron chi connectivity index (χ2n) is 29.3. The number of allylic oxidation sites excluding steroid dienone is 5.